The van der Waals surface area contributed by atoms with Gasteiger partial charge in [0.15, 0.2) is 0 Å². The van der Waals surface area contributed by atoms with E-state index in [0.717, 1.165) is 16.3 Å². The van der Waals surface area contributed by atoms with Gasteiger partial charge in [0.2, 0.25) is 0 Å². The van der Waals surface area contributed by atoms with Crippen LogP contribution in [0.1, 0.15) is 24.9 Å². The maximum Gasteiger partial charge on any atom is 0.0411 e. The van der Waals surface area contributed by atoms with Crippen molar-refractivity contribution in [2.24, 2.45) is 0 Å². The van der Waals surface area contributed by atoms with E-state index in [-0.39, 0.29) is 0 Å². The largest absolute Gasteiger partial charge is 0.309 e. The number of hydrogen-bond donors (Lipinski definition) is 1. The minimum atomic E-state index is 0.521. The molecule has 1 saturated heterocycles. The number of nitrogens with one attached hydrogen (secondary N) is 1. The van der Waals surface area contributed by atoms with Gasteiger partial charge in [-0.25, -0.2) is 0 Å². The van der Waals surface area contributed by atoms with Crippen molar-refractivity contribution in [1.82, 2.24) is 5.32 Å². The molecule has 82 valence electrons. The Labute approximate surface area is 104 Å². The second-order valence-electron chi connectivity index (χ2n) is 3.99. The Bertz CT molecular complexity index is 312. The van der Waals surface area contributed by atoms with Crippen LogP contribution in [0, 0.1) is 0 Å². The first-order chi connectivity index (χ1) is 7.25. The van der Waals surface area contributed by atoms with Crippen LogP contribution >= 0.6 is 27.7 Å². The van der Waals surface area contributed by atoms with E-state index in [1.807, 2.05) is 0 Å². The van der Waals surface area contributed by atoms with E-state index < -0.39 is 0 Å². The maximum atomic E-state index is 3.61. The lowest BCUT2D eigenvalue weighted by molar-refractivity contribution is 0.578. The Kier molecular flexibility index (Phi) is 4.12. The normalized spacial score (nSPS) is 27.3. The summed E-state index contributed by atoms with van der Waals surface area (Å²) in [7, 11) is 0. The first-order valence-corrected chi connectivity index (χ1v) is 7.20. The molecule has 2 atom stereocenters. The Hall–Kier alpha value is 0.01000. The molecule has 1 aromatic carbocycles. The molecule has 0 bridgehead atoms. The molecule has 1 aliphatic heterocycles. The number of halogens is 1. The number of benzene rings is 1. The van der Waals surface area contributed by atoms with E-state index in [2.05, 4.69) is 64.2 Å². The molecule has 1 N–H and O–H groups in total. The Morgan fingerprint density at radius 1 is 1.33 bits per heavy atom. The van der Waals surface area contributed by atoms with Gasteiger partial charge < -0.3 is 5.32 Å². The summed E-state index contributed by atoms with van der Waals surface area (Å²) in [5, 5.41) is 4.40. The number of rotatable bonds is 1. The molecule has 0 aliphatic carbocycles. The van der Waals surface area contributed by atoms with Crippen molar-refractivity contribution in [2.75, 3.05) is 12.3 Å². The van der Waals surface area contributed by atoms with Crippen LogP contribution in [0.2, 0.25) is 0 Å². The molecule has 1 heterocycles. The summed E-state index contributed by atoms with van der Waals surface area (Å²) >= 11 is 5.54. The molecule has 0 spiro atoms. The molecule has 1 nitrogen and oxygen atoms in total. The molecule has 0 radical (unpaired) electrons. The Morgan fingerprint density at radius 2 is 2.07 bits per heavy atom. The molecular formula is C12H16BrNS. The first-order valence-electron chi connectivity index (χ1n) is 5.36. The zero-order chi connectivity index (χ0) is 10.7. The van der Waals surface area contributed by atoms with Crippen LogP contribution in [0.5, 0.6) is 0 Å². The average Bonchev–Trinajstić information content (AvgIpc) is 2.44. The molecule has 2 unspecified atom stereocenters. The van der Waals surface area contributed by atoms with Crippen molar-refractivity contribution in [3.63, 3.8) is 0 Å². The fraction of sp³-hybridized carbons (Fsp3) is 0.500. The summed E-state index contributed by atoms with van der Waals surface area (Å²) < 4.78 is 1.15. The smallest absolute Gasteiger partial charge is 0.0411 e. The van der Waals surface area contributed by atoms with Crippen molar-refractivity contribution in [1.29, 1.82) is 0 Å². The molecule has 0 aromatic heterocycles. The fourth-order valence-electron chi connectivity index (χ4n) is 1.77. The maximum absolute atomic E-state index is 3.61. The van der Waals surface area contributed by atoms with Gasteiger partial charge in [-0.15, -0.1) is 0 Å². The van der Waals surface area contributed by atoms with Gasteiger partial charge in [-0.05, 0) is 30.7 Å². The van der Waals surface area contributed by atoms with Gasteiger partial charge in [-0.3, -0.25) is 0 Å². The third-order valence-corrected chi connectivity index (χ3v) is 4.62. The topological polar surface area (TPSA) is 12.0 Å². The quantitative estimate of drug-likeness (QED) is 0.846. The van der Waals surface area contributed by atoms with Crippen LogP contribution in [0.3, 0.4) is 0 Å². The van der Waals surface area contributed by atoms with E-state index in [0.29, 0.717) is 6.04 Å². The second-order valence-corrected chi connectivity index (χ2v) is 6.38. The predicted molar refractivity (Wildman–Crippen MR) is 71.4 cm³/mol. The zero-order valence-corrected chi connectivity index (χ0v) is 11.3. The lowest BCUT2D eigenvalue weighted by atomic mass is 10.1. The predicted octanol–water partition coefficient (Wildman–Crippen LogP) is 3.61. The number of hydrogen-bond acceptors (Lipinski definition) is 2. The second kappa shape index (κ2) is 5.37. The van der Waals surface area contributed by atoms with Crippen LogP contribution < -0.4 is 5.32 Å². The highest BCUT2D eigenvalue weighted by Gasteiger charge is 2.16. The molecular weight excluding hydrogens is 270 g/mol. The number of thioether (sulfide) groups is 1. The van der Waals surface area contributed by atoms with Crippen molar-refractivity contribution in [3.05, 3.63) is 34.3 Å². The third-order valence-electron chi connectivity index (χ3n) is 2.76. The lowest BCUT2D eigenvalue weighted by Gasteiger charge is -2.15. The molecule has 0 saturated carbocycles. The average molecular weight is 286 g/mol. The third kappa shape index (κ3) is 3.23. The van der Waals surface area contributed by atoms with Crippen molar-refractivity contribution in [2.45, 2.75) is 24.6 Å². The molecule has 1 aliphatic rings. The van der Waals surface area contributed by atoms with E-state index in [9.17, 15) is 0 Å². The molecule has 0 amide bonds. The van der Waals surface area contributed by atoms with Gasteiger partial charge in [0, 0.05) is 21.5 Å². The van der Waals surface area contributed by atoms with Crippen molar-refractivity contribution >= 4 is 27.7 Å². The van der Waals surface area contributed by atoms with E-state index in [1.54, 1.807) is 0 Å². The summed E-state index contributed by atoms with van der Waals surface area (Å²) in [4.78, 5) is 0. The first kappa shape index (κ1) is 11.5. The van der Waals surface area contributed by atoms with Crippen LogP contribution in [0.4, 0.5) is 0 Å². The van der Waals surface area contributed by atoms with Crippen LogP contribution in [0.25, 0.3) is 0 Å². The van der Waals surface area contributed by atoms with Crippen molar-refractivity contribution < 1.29 is 0 Å². The van der Waals surface area contributed by atoms with Gasteiger partial charge in [-0.2, -0.15) is 11.8 Å². The highest BCUT2D eigenvalue weighted by atomic mass is 79.9. The zero-order valence-electron chi connectivity index (χ0n) is 8.87. The van der Waals surface area contributed by atoms with Crippen LogP contribution in [0.15, 0.2) is 28.7 Å². The van der Waals surface area contributed by atoms with Gasteiger partial charge in [0.05, 0.1) is 0 Å². The molecule has 2 rings (SSSR count). The van der Waals surface area contributed by atoms with Gasteiger partial charge in [0.1, 0.15) is 0 Å². The summed E-state index contributed by atoms with van der Waals surface area (Å²) in [5.74, 6) is 1.18. The minimum absolute atomic E-state index is 0.521. The highest BCUT2D eigenvalue weighted by molar-refractivity contribution is 9.10. The summed E-state index contributed by atoms with van der Waals surface area (Å²) in [6.07, 6.45) is 1.28. The summed E-state index contributed by atoms with van der Waals surface area (Å²) in [5.41, 5.74) is 1.40. The van der Waals surface area contributed by atoms with E-state index in [1.165, 1.54) is 17.7 Å². The van der Waals surface area contributed by atoms with E-state index in [4.69, 9.17) is 0 Å². The SMILES string of the molecule is CC1CCNC(c2ccc(Br)cc2)CS1. The Balaban J connectivity index is 2.06. The highest BCUT2D eigenvalue weighted by Crippen LogP contribution is 2.26. The molecule has 1 aromatic rings. The Morgan fingerprint density at radius 3 is 2.80 bits per heavy atom. The fourth-order valence-corrected chi connectivity index (χ4v) is 3.15. The summed E-state index contributed by atoms with van der Waals surface area (Å²) in [6, 6.07) is 9.18. The monoisotopic (exact) mass is 285 g/mol. The molecule has 15 heavy (non-hydrogen) atoms. The van der Waals surface area contributed by atoms with Gasteiger partial charge >= 0.3 is 0 Å². The summed E-state index contributed by atoms with van der Waals surface area (Å²) in [6.45, 7) is 3.45. The molecule has 3 heteroatoms. The standard InChI is InChI=1S/C12H16BrNS/c1-9-6-7-14-12(8-15-9)10-2-4-11(13)5-3-10/h2-5,9,12,14H,6-8H2,1H3. The van der Waals surface area contributed by atoms with Gasteiger partial charge in [0.25, 0.3) is 0 Å². The molecule has 1 fully saturated rings. The van der Waals surface area contributed by atoms with Crippen LogP contribution in [-0.2, 0) is 0 Å². The van der Waals surface area contributed by atoms with Gasteiger partial charge in [-0.1, -0.05) is 35.0 Å². The minimum Gasteiger partial charge on any atom is -0.309 e. The van der Waals surface area contributed by atoms with Crippen LogP contribution in [-0.4, -0.2) is 17.5 Å². The van der Waals surface area contributed by atoms with Crippen molar-refractivity contribution in [3.8, 4) is 0 Å². The van der Waals surface area contributed by atoms with E-state index >= 15 is 0 Å². The lowest BCUT2D eigenvalue weighted by Crippen LogP contribution is -2.22.